The number of hydrogen-bond acceptors (Lipinski definition) is 6. The van der Waals surface area contributed by atoms with Crippen molar-refractivity contribution in [2.75, 3.05) is 20.8 Å². The van der Waals surface area contributed by atoms with Gasteiger partial charge in [-0.1, -0.05) is 13.0 Å². The molecule has 3 N–H and O–H groups in total. The molecular weight excluding hydrogens is 386 g/mol. The van der Waals surface area contributed by atoms with Gasteiger partial charge >= 0.3 is 0 Å². The lowest BCUT2D eigenvalue weighted by molar-refractivity contribution is 0.0984. The molecule has 160 valence electrons. The van der Waals surface area contributed by atoms with E-state index in [1.165, 1.54) is 4.88 Å². The van der Waals surface area contributed by atoms with Gasteiger partial charge in [-0.3, -0.25) is 4.79 Å². The molecule has 0 saturated heterocycles. The van der Waals surface area contributed by atoms with Gasteiger partial charge in [-0.15, -0.1) is 11.3 Å². The number of nitrogens with two attached hydrogens (primary N) is 1. The Morgan fingerprint density at radius 2 is 1.90 bits per heavy atom. The Balaban J connectivity index is 1.91. The van der Waals surface area contributed by atoms with Gasteiger partial charge in [0, 0.05) is 16.8 Å². The maximum atomic E-state index is 12.6. The van der Waals surface area contributed by atoms with E-state index in [0.29, 0.717) is 24.3 Å². The summed E-state index contributed by atoms with van der Waals surface area (Å²) < 4.78 is 10.6. The van der Waals surface area contributed by atoms with Crippen LogP contribution >= 0.6 is 11.3 Å². The Labute approximate surface area is 177 Å². The predicted octanol–water partition coefficient (Wildman–Crippen LogP) is 4.31. The Kier molecular flexibility index (Phi) is 8.68. The summed E-state index contributed by atoms with van der Waals surface area (Å²) >= 11 is 1.56. The summed E-state index contributed by atoms with van der Waals surface area (Å²) in [6.07, 6.45) is 4.35. The van der Waals surface area contributed by atoms with Crippen molar-refractivity contribution in [3.63, 3.8) is 0 Å². The second kappa shape index (κ2) is 10.8. The third kappa shape index (κ3) is 6.29. The summed E-state index contributed by atoms with van der Waals surface area (Å²) in [6, 6.07) is 7.85. The molecule has 0 fully saturated rings. The second-order valence-electron chi connectivity index (χ2n) is 7.56. The fourth-order valence-electron chi connectivity index (χ4n) is 3.25. The van der Waals surface area contributed by atoms with Gasteiger partial charge < -0.3 is 20.3 Å². The third-order valence-corrected chi connectivity index (χ3v) is 6.82. The van der Waals surface area contributed by atoms with E-state index in [4.69, 9.17) is 15.2 Å². The number of thiophene rings is 1. The van der Waals surface area contributed by atoms with E-state index in [-0.39, 0.29) is 12.4 Å². The molecule has 1 aromatic carbocycles. The minimum absolute atomic E-state index is 0.0180. The van der Waals surface area contributed by atoms with Crippen molar-refractivity contribution in [1.29, 1.82) is 0 Å². The summed E-state index contributed by atoms with van der Waals surface area (Å²) in [5.74, 6) is 1.60. The van der Waals surface area contributed by atoms with Crippen LogP contribution in [0.2, 0.25) is 0 Å². The number of aryl methyl sites for hydroxylation is 3. The van der Waals surface area contributed by atoms with Crippen LogP contribution in [0, 0.1) is 6.92 Å². The summed E-state index contributed by atoms with van der Waals surface area (Å²) in [6.45, 7) is 4.01. The Morgan fingerprint density at radius 3 is 2.52 bits per heavy atom. The first-order valence-electron chi connectivity index (χ1n) is 10.1. The molecular formula is C23H33NO4S. The van der Waals surface area contributed by atoms with Crippen LogP contribution in [-0.4, -0.2) is 37.3 Å². The highest BCUT2D eigenvalue weighted by Gasteiger charge is 2.22. The van der Waals surface area contributed by atoms with Crippen LogP contribution in [0.1, 0.15) is 58.3 Å². The van der Waals surface area contributed by atoms with Gasteiger partial charge in [0.05, 0.1) is 25.7 Å². The van der Waals surface area contributed by atoms with Gasteiger partial charge in [-0.2, -0.15) is 0 Å². The fourth-order valence-corrected chi connectivity index (χ4v) is 4.39. The zero-order valence-corrected chi connectivity index (χ0v) is 18.7. The number of carbonyl (C=O) groups is 1. The first kappa shape index (κ1) is 23.4. The van der Waals surface area contributed by atoms with Crippen molar-refractivity contribution < 1.29 is 19.4 Å². The maximum Gasteiger partial charge on any atom is 0.172 e. The van der Waals surface area contributed by atoms with E-state index in [0.717, 1.165) is 41.7 Å². The number of ketones is 1. The van der Waals surface area contributed by atoms with E-state index in [1.54, 1.807) is 25.6 Å². The van der Waals surface area contributed by atoms with E-state index in [2.05, 4.69) is 0 Å². The summed E-state index contributed by atoms with van der Waals surface area (Å²) in [5, 5.41) is 9.49. The lowest BCUT2D eigenvalue weighted by Gasteiger charge is -2.25. The van der Waals surface area contributed by atoms with Gasteiger partial charge in [-0.05, 0) is 68.4 Å². The number of aliphatic hydroxyl groups is 1. The van der Waals surface area contributed by atoms with Crippen LogP contribution in [-0.2, 0) is 12.8 Å². The molecule has 0 radical (unpaired) electrons. The van der Waals surface area contributed by atoms with E-state index < -0.39 is 5.54 Å². The highest BCUT2D eigenvalue weighted by atomic mass is 32.1. The van der Waals surface area contributed by atoms with Gasteiger partial charge in [-0.25, -0.2) is 0 Å². The van der Waals surface area contributed by atoms with Gasteiger partial charge in [0.15, 0.2) is 17.3 Å². The van der Waals surface area contributed by atoms with Gasteiger partial charge in [0.2, 0.25) is 0 Å². The Morgan fingerprint density at radius 1 is 1.17 bits per heavy atom. The van der Waals surface area contributed by atoms with E-state index in [9.17, 15) is 9.90 Å². The minimum atomic E-state index is -0.542. The summed E-state index contributed by atoms with van der Waals surface area (Å²) in [4.78, 5) is 14.6. The zero-order chi connectivity index (χ0) is 21.4. The molecule has 0 bridgehead atoms. The van der Waals surface area contributed by atoms with Crippen molar-refractivity contribution in [3.8, 4) is 11.5 Å². The summed E-state index contributed by atoms with van der Waals surface area (Å²) in [5.41, 5.74) is 7.91. The largest absolute Gasteiger partial charge is 0.493 e. The van der Waals surface area contributed by atoms with Crippen molar-refractivity contribution in [2.24, 2.45) is 5.73 Å². The number of benzene rings is 1. The normalized spacial score (nSPS) is 13.2. The SMILES string of the molecule is CCC(N)(CO)CCc1sc(C(=O)CCCc2ccc(OC)c(OC)c2)cc1C. The lowest BCUT2D eigenvalue weighted by Crippen LogP contribution is -2.43. The van der Waals surface area contributed by atoms with Crippen LogP contribution in [0.5, 0.6) is 11.5 Å². The quantitative estimate of drug-likeness (QED) is 0.501. The maximum absolute atomic E-state index is 12.6. The molecule has 0 saturated carbocycles. The summed E-state index contributed by atoms with van der Waals surface area (Å²) in [7, 11) is 3.24. The smallest absolute Gasteiger partial charge is 0.172 e. The molecule has 2 aromatic rings. The molecule has 1 unspecified atom stereocenters. The molecule has 6 heteroatoms. The molecule has 5 nitrogen and oxygen atoms in total. The molecule has 1 aromatic heterocycles. The molecule has 29 heavy (non-hydrogen) atoms. The van der Waals surface area contributed by atoms with Crippen molar-refractivity contribution >= 4 is 17.1 Å². The standard InChI is InChI=1S/C23H33NO4S/c1-5-23(24,15-25)12-11-21-16(2)13-22(29-21)18(26)8-6-7-17-9-10-19(27-3)20(14-17)28-4/h9-10,13-14,25H,5-8,11-12,15,24H2,1-4H3. The minimum Gasteiger partial charge on any atom is -0.493 e. The number of aliphatic hydroxyl groups excluding tert-OH is 1. The van der Waals surface area contributed by atoms with E-state index in [1.807, 2.05) is 38.1 Å². The fraction of sp³-hybridized carbons (Fsp3) is 0.522. The molecule has 1 heterocycles. The van der Waals surface area contributed by atoms with Gasteiger partial charge in [0.25, 0.3) is 0 Å². The average molecular weight is 420 g/mol. The number of ether oxygens (including phenoxy) is 2. The lowest BCUT2D eigenvalue weighted by atomic mass is 9.92. The third-order valence-electron chi connectivity index (χ3n) is 5.48. The molecule has 1 atom stereocenters. The first-order chi connectivity index (χ1) is 13.9. The number of Topliss-reactive ketones (excluding diaryl/α,β-unsaturated/α-hetero) is 1. The number of methoxy groups -OCH3 is 2. The van der Waals surface area contributed by atoms with Crippen LogP contribution in [0.15, 0.2) is 24.3 Å². The van der Waals surface area contributed by atoms with Crippen LogP contribution in [0.3, 0.4) is 0 Å². The predicted molar refractivity (Wildman–Crippen MR) is 118 cm³/mol. The number of rotatable bonds is 12. The topological polar surface area (TPSA) is 81.8 Å². The zero-order valence-electron chi connectivity index (χ0n) is 17.9. The molecule has 0 aliphatic carbocycles. The van der Waals surface area contributed by atoms with Crippen LogP contribution in [0.4, 0.5) is 0 Å². The molecule has 0 aliphatic heterocycles. The first-order valence-corrected chi connectivity index (χ1v) is 10.9. The average Bonchev–Trinajstić information content (AvgIpc) is 3.12. The van der Waals surface area contributed by atoms with Crippen molar-refractivity contribution in [1.82, 2.24) is 0 Å². The number of carbonyl (C=O) groups excluding carboxylic acids is 1. The Bertz CT molecular complexity index is 811. The highest BCUT2D eigenvalue weighted by molar-refractivity contribution is 7.14. The molecule has 0 amide bonds. The van der Waals surface area contributed by atoms with Gasteiger partial charge in [0.1, 0.15) is 0 Å². The van der Waals surface area contributed by atoms with Crippen molar-refractivity contribution in [2.45, 2.75) is 57.9 Å². The molecule has 2 rings (SSSR count). The number of hydrogen-bond donors (Lipinski definition) is 2. The van der Waals surface area contributed by atoms with Crippen LogP contribution < -0.4 is 15.2 Å². The monoisotopic (exact) mass is 419 g/mol. The highest BCUT2D eigenvalue weighted by Crippen LogP contribution is 2.29. The Hall–Kier alpha value is -1.89. The second-order valence-corrected chi connectivity index (χ2v) is 8.69. The molecule has 0 aliphatic rings. The molecule has 0 spiro atoms. The van der Waals surface area contributed by atoms with Crippen molar-refractivity contribution in [3.05, 3.63) is 45.1 Å². The van der Waals surface area contributed by atoms with E-state index >= 15 is 0 Å². The van der Waals surface area contributed by atoms with Crippen LogP contribution in [0.25, 0.3) is 0 Å².